The van der Waals surface area contributed by atoms with E-state index in [1.165, 1.54) is 18.6 Å². The van der Waals surface area contributed by atoms with Gasteiger partial charge >= 0.3 is 0 Å². The van der Waals surface area contributed by atoms with E-state index in [9.17, 15) is 0 Å². The first-order valence-electron chi connectivity index (χ1n) is 6.35. The highest BCUT2D eigenvalue weighted by molar-refractivity contribution is 7.98. The summed E-state index contributed by atoms with van der Waals surface area (Å²) in [4.78, 5) is 2.49. The molecule has 1 aliphatic rings. The van der Waals surface area contributed by atoms with Crippen molar-refractivity contribution in [2.45, 2.75) is 25.8 Å². The van der Waals surface area contributed by atoms with E-state index in [2.05, 4.69) is 23.4 Å². The predicted molar refractivity (Wildman–Crippen MR) is 72.3 cm³/mol. The van der Waals surface area contributed by atoms with Gasteiger partial charge in [-0.2, -0.15) is 11.8 Å². The van der Waals surface area contributed by atoms with E-state index in [4.69, 9.17) is 4.74 Å². The average Bonchev–Trinajstić information content (AvgIpc) is 2.30. The Bertz CT molecular complexity index is 163. The van der Waals surface area contributed by atoms with Crippen LogP contribution in [-0.2, 0) is 4.74 Å². The standard InChI is InChI=1S/C12H26N2OS/c1-12(13-5-3-4-10-16-2)11-14-6-8-15-9-7-14/h12-13H,3-11H2,1-2H3. The lowest BCUT2D eigenvalue weighted by Gasteiger charge is -2.29. The Balaban J connectivity index is 1.95. The largest absolute Gasteiger partial charge is 0.379 e. The molecule has 3 nitrogen and oxygen atoms in total. The van der Waals surface area contributed by atoms with Crippen molar-refractivity contribution in [3.8, 4) is 0 Å². The molecule has 1 rings (SSSR count). The molecule has 1 aliphatic heterocycles. The van der Waals surface area contributed by atoms with Crippen LogP contribution in [-0.4, -0.2) is 62.3 Å². The number of rotatable bonds is 8. The molecule has 0 bridgehead atoms. The van der Waals surface area contributed by atoms with E-state index in [1.54, 1.807) is 0 Å². The normalized spacial score (nSPS) is 19.9. The number of nitrogens with one attached hydrogen (secondary N) is 1. The number of ether oxygens (including phenoxy) is 1. The van der Waals surface area contributed by atoms with Crippen molar-refractivity contribution in [2.75, 3.05) is 51.4 Å². The summed E-state index contributed by atoms with van der Waals surface area (Å²) >= 11 is 1.94. The summed E-state index contributed by atoms with van der Waals surface area (Å²) in [5.74, 6) is 1.29. The fourth-order valence-electron chi connectivity index (χ4n) is 1.96. The molecule has 1 unspecified atom stereocenters. The molecule has 0 aromatic heterocycles. The summed E-state index contributed by atoms with van der Waals surface area (Å²) in [5.41, 5.74) is 0. The number of morpholine rings is 1. The first-order valence-corrected chi connectivity index (χ1v) is 7.74. The molecule has 1 atom stereocenters. The van der Waals surface area contributed by atoms with E-state index in [1.807, 2.05) is 11.8 Å². The third-order valence-corrected chi connectivity index (χ3v) is 3.60. The van der Waals surface area contributed by atoms with Crippen molar-refractivity contribution in [3.63, 3.8) is 0 Å². The molecule has 0 radical (unpaired) electrons. The van der Waals surface area contributed by atoms with E-state index in [0.29, 0.717) is 6.04 Å². The van der Waals surface area contributed by atoms with Gasteiger partial charge in [-0.25, -0.2) is 0 Å². The van der Waals surface area contributed by atoms with Crippen LogP contribution in [0.25, 0.3) is 0 Å². The fourth-order valence-corrected chi connectivity index (χ4v) is 2.45. The van der Waals surface area contributed by atoms with Crippen LogP contribution in [0.2, 0.25) is 0 Å². The molecular formula is C12H26N2OS. The molecule has 0 aliphatic carbocycles. The quantitative estimate of drug-likeness (QED) is 0.655. The number of unbranched alkanes of at least 4 members (excludes halogenated alkanes) is 1. The highest BCUT2D eigenvalue weighted by atomic mass is 32.2. The van der Waals surface area contributed by atoms with E-state index in [-0.39, 0.29) is 0 Å². The van der Waals surface area contributed by atoms with Gasteiger partial charge in [0.05, 0.1) is 13.2 Å². The molecule has 4 heteroatoms. The number of thioether (sulfide) groups is 1. The summed E-state index contributed by atoms with van der Waals surface area (Å²) in [6.07, 6.45) is 4.81. The van der Waals surface area contributed by atoms with Gasteiger partial charge in [-0.15, -0.1) is 0 Å². The topological polar surface area (TPSA) is 24.5 Å². The van der Waals surface area contributed by atoms with Gasteiger partial charge in [-0.3, -0.25) is 4.90 Å². The van der Waals surface area contributed by atoms with Crippen molar-refractivity contribution in [1.82, 2.24) is 10.2 Å². The van der Waals surface area contributed by atoms with Gasteiger partial charge in [0, 0.05) is 25.7 Å². The average molecular weight is 246 g/mol. The molecule has 0 saturated carbocycles. The third kappa shape index (κ3) is 6.74. The lowest BCUT2D eigenvalue weighted by Crippen LogP contribution is -2.44. The van der Waals surface area contributed by atoms with Gasteiger partial charge in [0.25, 0.3) is 0 Å². The molecule has 96 valence electrons. The summed E-state index contributed by atoms with van der Waals surface area (Å²) < 4.78 is 5.34. The first-order chi connectivity index (χ1) is 7.83. The molecule has 1 fully saturated rings. The van der Waals surface area contributed by atoms with Crippen LogP contribution >= 0.6 is 11.8 Å². The second-order valence-corrected chi connectivity index (χ2v) is 5.45. The Morgan fingerprint density at radius 3 is 2.75 bits per heavy atom. The lowest BCUT2D eigenvalue weighted by molar-refractivity contribution is 0.0344. The zero-order valence-corrected chi connectivity index (χ0v) is 11.5. The summed E-state index contributed by atoms with van der Waals surface area (Å²) in [6, 6.07) is 0.604. The highest BCUT2D eigenvalue weighted by Crippen LogP contribution is 2.00. The van der Waals surface area contributed by atoms with Gasteiger partial charge in [-0.1, -0.05) is 0 Å². The Kier molecular flexibility index (Phi) is 8.29. The third-order valence-electron chi connectivity index (χ3n) is 2.90. The highest BCUT2D eigenvalue weighted by Gasteiger charge is 2.12. The summed E-state index contributed by atoms with van der Waals surface area (Å²) in [7, 11) is 0. The molecule has 16 heavy (non-hydrogen) atoms. The zero-order chi connectivity index (χ0) is 11.6. The van der Waals surface area contributed by atoms with Crippen LogP contribution in [0.15, 0.2) is 0 Å². The van der Waals surface area contributed by atoms with Gasteiger partial charge in [0.1, 0.15) is 0 Å². The second-order valence-electron chi connectivity index (χ2n) is 4.47. The molecule has 1 N–H and O–H groups in total. The SMILES string of the molecule is CSCCCCNC(C)CN1CCOCC1. The number of nitrogens with zero attached hydrogens (tertiary/aromatic N) is 1. The van der Waals surface area contributed by atoms with E-state index in [0.717, 1.165) is 39.4 Å². The second kappa shape index (κ2) is 9.28. The van der Waals surface area contributed by atoms with Gasteiger partial charge in [0.2, 0.25) is 0 Å². The maximum Gasteiger partial charge on any atom is 0.0594 e. The Morgan fingerprint density at radius 1 is 1.31 bits per heavy atom. The number of hydrogen-bond donors (Lipinski definition) is 1. The minimum Gasteiger partial charge on any atom is -0.379 e. The van der Waals surface area contributed by atoms with Gasteiger partial charge in [0.15, 0.2) is 0 Å². The fraction of sp³-hybridized carbons (Fsp3) is 1.00. The van der Waals surface area contributed by atoms with Crippen molar-refractivity contribution in [2.24, 2.45) is 0 Å². The molecule has 0 aromatic rings. The van der Waals surface area contributed by atoms with Gasteiger partial charge < -0.3 is 10.1 Å². The van der Waals surface area contributed by atoms with Crippen molar-refractivity contribution >= 4 is 11.8 Å². The van der Waals surface area contributed by atoms with Crippen LogP contribution in [0.4, 0.5) is 0 Å². The van der Waals surface area contributed by atoms with Crippen LogP contribution in [0.1, 0.15) is 19.8 Å². The van der Waals surface area contributed by atoms with Crippen molar-refractivity contribution < 1.29 is 4.74 Å². The van der Waals surface area contributed by atoms with Crippen LogP contribution < -0.4 is 5.32 Å². The molecule has 1 heterocycles. The Morgan fingerprint density at radius 2 is 2.06 bits per heavy atom. The molecule has 1 saturated heterocycles. The van der Waals surface area contributed by atoms with E-state index < -0.39 is 0 Å². The maximum atomic E-state index is 5.34. The zero-order valence-electron chi connectivity index (χ0n) is 10.7. The predicted octanol–water partition coefficient (Wildman–Crippen LogP) is 1.44. The molecule has 0 aromatic carbocycles. The lowest BCUT2D eigenvalue weighted by atomic mass is 10.2. The van der Waals surface area contributed by atoms with E-state index >= 15 is 0 Å². The smallest absolute Gasteiger partial charge is 0.0594 e. The molecule has 0 amide bonds. The maximum absolute atomic E-state index is 5.34. The summed E-state index contributed by atoms with van der Waals surface area (Å²) in [5, 5.41) is 3.60. The van der Waals surface area contributed by atoms with Gasteiger partial charge in [-0.05, 0) is 38.3 Å². The Hall–Kier alpha value is 0.230. The Labute approximate surface area is 104 Å². The number of hydrogen-bond acceptors (Lipinski definition) is 4. The monoisotopic (exact) mass is 246 g/mol. The minimum absolute atomic E-state index is 0.604. The van der Waals surface area contributed by atoms with Crippen LogP contribution in [0, 0.1) is 0 Å². The molecule has 0 spiro atoms. The first kappa shape index (κ1) is 14.3. The van der Waals surface area contributed by atoms with Crippen LogP contribution in [0.3, 0.4) is 0 Å². The van der Waals surface area contributed by atoms with Crippen molar-refractivity contribution in [3.05, 3.63) is 0 Å². The molecular weight excluding hydrogens is 220 g/mol. The van der Waals surface area contributed by atoms with Crippen LogP contribution in [0.5, 0.6) is 0 Å². The summed E-state index contributed by atoms with van der Waals surface area (Å²) in [6.45, 7) is 8.60. The minimum atomic E-state index is 0.604. The van der Waals surface area contributed by atoms with Crippen molar-refractivity contribution in [1.29, 1.82) is 0 Å².